The molecule has 2 aromatic carbocycles. The molecule has 4 aromatic rings. The lowest BCUT2D eigenvalue weighted by molar-refractivity contribution is -0.0247. The number of thiazole rings is 1. The topological polar surface area (TPSA) is 55.3 Å². The number of carbonyl (C=O) groups is 1. The summed E-state index contributed by atoms with van der Waals surface area (Å²) in [6, 6.07) is 18.1. The van der Waals surface area contributed by atoms with Crippen LogP contribution in [0.15, 0.2) is 60.7 Å². The molecule has 1 fully saturated rings. The third-order valence-corrected chi connectivity index (χ3v) is 6.52. The number of pyridine rings is 1. The van der Waals surface area contributed by atoms with E-state index in [1.54, 1.807) is 23.5 Å². The van der Waals surface area contributed by atoms with Gasteiger partial charge in [0.05, 0.1) is 34.1 Å². The molecule has 0 bridgehead atoms. The maximum Gasteiger partial charge on any atom is 0.254 e. The van der Waals surface area contributed by atoms with Crippen molar-refractivity contribution in [3.8, 4) is 0 Å². The van der Waals surface area contributed by atoms with Gasteiger partial charge in [-0.05, 0) is 48.9 Å². The minimum atomic E-state index is -0.317. The van der Waals surface area contributed by atoms with E-state index in [1.165, 1.54) is 6.07 Å². The van der Waals surface area contributed by atoms with E-state index >= 15 is 0 Å². The minimum Gasteiger partial charge on any atom is -0.368 e. The van der Waals surface area contributed by atoms with Crippen LogP contribution in [0.3, 0.4) is 0 Å². The molecular weight excluding hydrogens is 425 g/mol. The Morgan fingerprint density at radius 1 is 1.16 bits per heavy atom. The van der Waals surface area contributed by atoms with Gasteiger partial charge in [-0.15, -0.1) is 11.3 Å². The lowest BCUT2D eigenvalue weighted by atomic mass is 10.1. The zero-order chi connectivity index (χ0) is 22.1. The summed E-state index contributed by atoms with van der Waals surface area (Å²) < 4.78 is 21.0. The molecule has 5 rings (SSSR count). The molecule has 1 aliphatic heterocycles. The molecule has 0 radical (unpaired) electrons. The van der Waals surface area contributed by atoms with Crippen LogP contribution in [0, 0.1) is 12.7 Å². The second kappa shape index (κ2) is 8.76. The fourth-order valence-electron chi connectivity index (χ4n) is 3.98. The zero-order valence-corrected chi connectivity index (χ0v) is 18.4. The summed E-state index contributed by atoms with van der Waals surface area (Å²) >= 11 is 1.59. The van der Waals surface area contributed by atoms with Crippen LogP contribution in [-0.2, 0) is 11.2 Å². The van der Waals surface area contributed by atoms with Crippen molar-refractivity contribution in [3.05, 3.63) is 94.0 Å². The number of nitrogens with zero attached hydrogens (tertiary/aromatic N) is 3. The molecule has 1 amide bonds. The molecule has 3 heterocycles. The Balaban J connectivity index is 1.33. The molecule has 0 saturated carbocycles. The monoisotopic (exact) mass is 447 g/mol. The summed E-state index contributed by atoms with van der Waals surface area (Å²) in [5, 5.41) is 0.984. The lowest BCUT2D eigenvalue weighted by Gasteiger charge is -2.33. The molecule has 5 nitrogen and oxygen atoms in total. The van der Waals surface area contributed by atoms with E-state index in [-0.39, 0.29) is 17.8 Å². The first-order chi connectivity index (χ1) is 15.6. The summed E-state index contributed by atoms with van der Waals surface area (Å²) in [5.74, 6) is -0.257. The number of halogens is 1. The molecule has 32 heavy (non-hydrogen) atoms. The second-order valence-corrected chi connectivity index (χ2v) is 9.08. The molecular formula is C25H22FN3O2S. The van der Waals surface area contributed by atoms with E-state index in [4.69, 9.17) is 9.72 Å². The Morgan fingerprint density at radius 2 is 2.03 bits per heavy atom. The van der Waals surface area contributed by atoms with Gasteiger partial charge in [-0.1, -0.05) is 24.3 Å². The third kappa shape index (κ3) is 4.26. The molecule has 162 valence electrons. The average Bonchev–Trinajstić information content (AvgIpc) is 3.19. The van der Waals surface area contributed by atoms with E-state index in [0.29, 0.717) is 37.2 Å². The van der Waals surface area contributed by atoms with Crippen LogP contribution in [0.25, 0.3) is 10.2 Å². The second-order valence-electron chi connectivity index (χ2n) is 7.85. The van der Waals surface area contributed by atoms with E-state index < -0.39 is 0 Å². The number of ether oxygens (including phenoxy) is 1. The summed E-state index contributed by atoms with van der Waals surface area (Å²) in [7, 11) is 0. The van der Waals surface area contributed by atoms with Gasteiger partial charge in [-0.25, -0.2) is 9.37 Å². The number of hydrogen-bond donors (Lipinski definition) is 0. The Morgan fingerprint density at radius 3 is 2.91 bits per heavy atom. The zero-order valence-electron chi connectivity index (χ0n) is 17.6. The van der Waals surface area contributed by atoms with Crippen LogP contribution < -0.4 is 0 Å². The molecule has 0 aliphatic carbocycles. The third-order valence-electron chi connectivity index (χ3n) is 5.58. The number of aromatic nitrogens is 2. The molecule has 0 unspecified atom stereocenters. The highest BCUT2D eigenvalue weighted by molar-refractivity contribution is 7.18. The van der Waals surface area contributed by atoms with E-state index in [1.807, 2.05) is 54.3 Å². The normalized spacial score (nSPS) is 16.4. The van der Waals surface area contributed by atoms with Crippen LogP contribution in [0.5, 0.6) is 0 Å². The summed E-state index contributed by atoms with van der Waals surface area (Å²) in [6.07, 6.45) is 0.0899. The summed E-state index contributed by atoms with van der Waals surface area (Å²) in [6.45, 7) is 3.36. The summed E-state index contributed by atoms with van der Waals surface area (Å²) in [4.78, 5) is 24.1. The van der Waals surface area contributed by atoms with Crippen LogP contribution in [-0.4, -0.2) is 40.5 Å². The molecule has 7 heteroatoms. The molecule has 0 N–H and O–H groups in total. The molecule has 1 atom stereocenters. The van der Waals surface area contributed by atoms with Crippen LogP contribution >= 0.6 is 11.3 Å². The van der Waals surface area contributed by atoms with Gasteiger partial charge in [0.25, 0.3) is 5.91 Å². The minimum absolute atomic E-state index is 0.0197. The Kier molecular flexibility index (Phi) is 5.68. The van der Waals surface area contributed by atoms with Crippen molar-refractivity contribution in [3.63, 3.8) is 0 Å². The van der Waals surface area contributed by atoms with E-state index in [9.17, 15) is 9.18 Å². The number of aryl methyl sites for hydroxylation is 1. The van der Waals surface area contributed by atoms with Gasteiger partial charge in [-0.2, -0.15) is 0 Å². The predicted molar refractivity (Wildman–Crippen MR) is 122 cm³/mol. The maximum atomic E-state index is 14.0. The number of carbonyl (C=O) groups excluding carboxylic acids is 1. The Labute approximate surface area is 189 Å². The number of amides is 1. The SMILES string of the molecule is Cc1nc2ccc(C(=O)N3CCO[C@@H](c4cccc(Cc5ccccc5F)n4)C3)cc2s1. The highest BCUT2D eigenvalue weighted by atomic mass is 32.1. The maximum absolute atomic E-state index is 14.0. The van der Waals surface area contributed by atoms with Crippen LogP contribution in [0.2, 0.25) is 0 Å². The average molecular weight is 448 g/mol. The van der Waals surface area contributed by atoms with Crippen molar-refractivity contribution in [1.82, 2.24) is 14.9 Å². The van der Waals surface area contributed by atoms with Crippen molar-refractivity contribution >= 4 is 27.5 Å². The van der Waals surface area contributed by atoms with Crippen molar-refractivity contribution in [1.29, 1.82) is 0 Å². The Hall–Kier alpha value is -3.16. The first-order valence-corrected chi connectivity index (χ1v) is 11.4. The van der Waals surface area contributed by atoms with Gasteiger partial charge in [0.2, 0.25) is 0 Å². The standard InChI is InChI=1S/C25H22FN3O2S/c1-16-27-22-10-9-18(14-24(22)32-16)25(30)29-11-12-31-23(15-29)21-8-4-6-19(28-21)13-17-5-2-3-7-20(17)26/h2-10,14,23H,11-13,15H2,1H3/t23-/m1/s1. The van der Waals surface area contributed by atoms with Crippen molar-refractivity contribution < 1.29 is 13.9 Å². The highest BCUT2D eigenvalue weighted by Crippen LogP contribution is 2.26. The number of fused-ring (bicyclic) bond motifs is 1. The van der Waals surface area contributed by atoms with E-state index in [2.05, 4.69) is 4.98 Å². The number of rotatable bonds is 4. The smallest absolute Gasteiger partial charge is 0.254 e. The molecule has 0 spiro atoms. The highest BCUT2D eigenvalue weighted by Gasteiger charge is 2.27. The fourth-order valence-corrected chi connectivity index (χ4v) is 4.85. The Bertz CT molecular complexity index is 1290. The first-order valence-electron chi connectivity index (χ1n) is 10.5. The van der Waals surface area contributed by atoms with Gasteiger partial charge < -0.3 is 9.64 Å². The number of benzene rings is 2. The van der Waals surface area contributed by atoms with Gasteiger partial charge in [0.15, 0.2) is 0 Å². The van der Waals surface area contributed by atoms with Crippen molar-refractivity contribution in [2.75, 3.05) is 19.7 Å². The van der Waals surface area contributed by atoms with Gasteiger partial charge in [-0.3, -0.25) is 9.78 Å². The first kappa shape index (κ1) is 20.7. The predicted octanol–water partition coefficient (Wildman–Crippen LogP) is 4.94. The van der Waals surface area contributed by atoms with Crippen LogP contribution in [0.4, 0.5) is 4.39 Å². The summed E-state index contributed by atoms with van der Waals surface area (Å²) in [5.41, 5.74) is 3.70. The van der Waals surface area contributed by atoms with Crippen molar-refractivity contribution in [2.24, 2.45) is 0 Å². The molecule has 1 aliphatic rings. The van der Waals surface area contributed by atoms with Gasteiger partial charge in [0.1, 0.15) is 11.9 Å². The van der Waals surface area contributed by atoms with Crippen molar-refractivity contribution in [2.45, 2.75) is 19.4 Å². The fraction of sp³-hybridized carbons (Fsp3) is 0.240. The molecule has 1 saturated heterocycles. The lowest BCUT2D eigenvalue weighted by Crippen LogP contribution is -2.42. The molecule has 2 aromatic heterocycles. The number of morpholine rings is 1. The quantitative estimate of drug-likeness (QED) is 0.445. The van der Waals surface area contributed by atoms with Crippen LogP contribution in [0.1, 0.15) is 38.4 Å². The number of hydrogen-bond acceptors (Lipinski definition) is 5. The van der Waals surface area contributed by atoms with E-state index in [0.717, 1.165) is 26.6 Å². The van der Waals surface area contributed by atoms with Gasteiger partial charge in [0, 0.05) is 24.2 Å². The van der Waals surface area contributed by atoms with Gasteiger partial charge >= 0.3 is 0 Å². The largest absolute Gasteiger partial charge is 0.368 e.